The highest BCUT2D eigenvalue weighted by Crippen LogP contribution is 2.29. The van der Waals surface area contributed by atoms with E-state index in [-0.39, 0.29) is 23.4 Å². The minimum absolute atomic E-state index is 0.0510. The Bertz CT molecular complexity index is 1330. The summed E-state index contributed by atoms with van der Waals surface area (Å²) < 4.78 is 27.5. The highest BCUT2D eigenvalue weighted by molar-refractivity contribution is 5.81. The Labute approximate surface area is 188 Å². The lowest BCUT2D eigenvalue weighted by atomic mass is 10.1. The maximum atomic E-state index is 14.5. The van der Waals surface area contributed by atoms with Gasteiger partial charge in [-0.15, -0.1) is 0 Å². The van der Waals surface area contributed by atoms with Gasteiger partial charge in [0.2, 0.25) is 5.88 Å². The van der Waals surface area contributed by atoms with E-state index in [9.17, 15) is 4.39 Å². The number of hydrogen-bond donors (Lipinski definition) is 0. The van der Waals surface area contributed by atoms with Gasteiger partial charge in [0.15, 0.2) is 17.2 Å². The quantitative estimate of drug-likeness (QED) is 0.422. The summed E-state index contributed by atoms with van der Waals surface area (Å²) in [5.74, 6) is 0.763. The fourth-order valence-corrected chi connectivity index (χ4v) is 3.74. The summed E-state index contributed by atoms with van der Waals surface area (Å²) in [5.41, 5.74) is 0.855. The lowest BCUT2D eigenvalue weighted by Gasteiger charge is -2.30. The molecule has 3 aromatic heterocycles. The average molecular weight is 448 g/mol. The Morgan fingerprint density at radius 3 is 2.76 bits per heavy atom. The first-order valence-corrected chi connectivity index (χ1v) is 10.6. The van der Waals surface area contributed by atoms with Crippen molar-refractivity contribution >= 4 is 22.7 Å². The van der Waals surface area contributed by atoms with Gasteiger partial charge in [-0.05, 0) is 12.1 Å². The van der Waals surface area contributed by atoms with E-state index >= 15 is 0 Å². The topological polar surface area (TPSA) is 99.3 Å². The molecule has 0 atom stereocenters. The molecule has 33 heavy (non-hydrogen) atoms. The molecule has 1 saturated heterocycles. The van der Waals surface area contributed by atoms with E-state index < -0.39 is 5.82 Å². The molecule has 0 amide bonds. The lowest BCUT2D eigenvalue weighted by Crippen LogP contribution is -2.38. The monoisotopic (exact) mass is 448 g/mol. The summed E-state index contributed by atoms with van der Waals surface area (Å²) in [6.45, 7) is 12.5. The van der Waals surface area contributed by atoms with E-state index in [1.807, 2.05) is 13.8 Å². The first kappa shape index (κ1) is 20.8. The van der Waals surface area contributed by atoms with Crippen LogP contribution in [0.2, 0.25) is 0 Å². The average Bonchev–Trinajstić information content (AvgIpc) is 3.48. The van der Waals surface area contributed by atoms with E-state index in [0.717, 1.165) is 25.9 Å². The van der Waals surface area contributed by atoms with Crippen LogP contribution in [-0.4, -0.2) is 49.1 Å². The van der Waals surface area contributed by atoms with Gasteiger partial charge >= 0.3 is 6.01 Å². The number of halogens is 1. The SMILES string of the molecule is [C-]#[N+]c1ccc(-n2ncc3c(OC4CCN(c5nc(C(C)C)no5)CC4)ncnc32)c(F)c1. The van der Waals surface area contributed by atoms with Crippen LogP contribution >= 0.6 is 0 Å². The largest absolute Gasteiger partial charge is 0.474 e. The van der Waals surface area contributed by atoms with Crippen LogP contribution in [0.25, 0.3) is 21.6 Å². The van der Waals surface area contributed by atoms with E-state index in [1.54, 1.807) is 12.3 Å². The maximum Gasteiger partial charge on any atom is 0.324 e. The Morgan fingerprint density at radius 1 is 1.24 bits per heavy atom. The molecule has 0 spiro atoms. The summed E-state index contributed by atoms with van der Waals surface area (Å²) in [6, 6.07) is 4.76. The van der Waals surface area contributed by atoms with E-state index in [2.05, 4.69) is 35.0 Å². The Kier molecular flexibility index (Phi) is 5.34. The molecule has 4 aromatic rings. The Balaban J connectivity index is 1.32. The third-order valence-corrected chi connectivity index (χ3v) is 5.56. The zero-order chi connectivity index (χ0) is 22.9. The molecule has 5 rings (SSSR count). The number of nitrogens with zero attached hydrogens (tertiary/aromatic N) is 8. The molecule has 1 aliphatic heterocycles. The number of hydrogen-bond acceptors (Lipinski definition) is 8. The molecule has 0 unspecified atom stereocenters. The zero-order valence-corrected chi connectivity index (χ0v) is 18.1. The van der Waals surface area contributed by atoms with E-state index in [1.165, 1.54) is 23.1 Å². The van der Waals surface area contributed by atoms with Gasteiger partial charge in [-0.2, -0.15) is 10.1 Å². The second kappa shape index (κ2) is 8.46. The fraction of sp³-hybridized carbons (Fsp3) is 0.364. The predicted molar refractivity (Wildman–Crippen MR) is 117 cm³/mol. The molecule has 1 aromatic carbocycles. The van der Waals surface area contributed by atoms with E-state index in [4.69, 9.17) is 15.8 Å². The number of piperidine rings is 1. The van der Waals surface area contributed by atoms with Crippen molar-refractivity contribution in [2.45, 2.75) is 38.7 Å². The molecule has 1 aliphatic rings. The maximum absolute atomic E-state index is 14.5. The molecule has 0 saturated carbocycles. The minimum Gasteiger partial charge on any atom is -0.474 e. The molecule has 0 radical (unpaired) electrons. The van der Waals surface area contributed by atoms with Gasteiger partial charge < -0.3 is 14.2 Å². The van der Waals surface area contributed by atoms with Gasteiger partial charge in [0.05, 0.1) is 12.8 Å². The second-order valence-electron chi connectivity index (χ2n) is 8.11. The lowest BCUT2D eigenvalue weighted by molar-refractivity contribution is 0.164. The molecule has 11 heteroatoms. The standard InChI is InChI=1S/C22H21FN8O2/c1-13(2)19-28-22(33-29-19)30-8-6-15(7-9-30)32-21-16-11-27-31(20(16)25-12-26-21)18-5-4-14(24-3)10-17(18)23/h4-5,10-13,15H,6-9H2,1-2H3. The van der Waals surface area contributed by atoms with Crippen LogP contribution in [0.4, 0.5) is 16.1 Å². The summed E-state index contributed by atoms with van der Waals surface area (Å²) >= 11 is 0. The number of benzene rings is 1. The van der Waals surface area contributed by atoms with Crippen LogP contribution in [0.5, 0.6) is 5.88 Å². The van der Waals surface area contributed by atoms with Crippen molar-refractivity contribution in [2.24, 2.45) is 0 Å². The van der Waals surface area contributed by atoms with Gasteiger partial charge in [-0.3, -0.25) is 0 Å². The zero-order valence-electron chi connectivity index (χ0n) is 18.1. The van der Waals surface area contributed by atoms with Crippen LogP contribution in [0.3, 0.4) is 0 Å². The third-order valence-electron chi connectivity index (χ3n) is 5.56. The van der Waals surface area contributed by atoms with Crippen LogP contribution in [0.1, 0.15) is 38.4 Å². The van der Waals surface area contributed by atoms with Gasteiger partial charge in [-0.25, -0.2) is 23.9 Å². The molecule has 0 N–H and O–H groups in total. The van der Waals surface area contributed by atoms with Crippen LogP contribution < -0.4 is 9.64 Å². The van der Waals surface area contributed by atoms with Crippen molar-refractivity contribution in [1.82, 2.24) is 29.9 Å². The molecule has 1 fully saturated rings. The number of fused-ring (bicyclic) bond motifs is 1. The van der Waals surface area contributed by atoms with Crippen molar-refractivity contribution in [3.8, 4) is 11.6 Å². The molecular formula is C22H21FN8O2. The van der Waals surface area contributed by atoms with Crippen LogP contribution in [0, 0.1) is 12.4 Å². The summed E-state index contributed by atoms with van der Waals surface area (Å²) in [4.78, 5) is 18.3. The number of anilines is 1. The highest BCUT2D eigenvalue weighted by Gasteiger charge is 2.26. The highest BCUT2D eigenvalue weighted by atomic mass is 19.1. The summed E-state index contributed by atoms with van der Waals surface area (Å²) in [6.07, 6.45) is 4.40. The van der Waals surface area contributed by atoms with Crippen molar-refractivity contribution in [2.75, 3.05) is 18.0 Å². The van der Waals surface area contributed by atoms with Gasteiger partial charge in [0.25, 0.3) is 0 Å². The molecule has 168 valence electrons. The fourth-order valence-electron chi connectivity index (χ4n) is 3.74. The smallest absolute Gasteiger partial charge is 0.324 e. The van der Waals surface area contributed by atoms with E-state index in [0.29, 0.717) is 28.8 Å². The third kappa shape index (κ3) is 3.95. The van der Waals surface area contributed by atoms with Crippen molar-refractivity contribution < 1.29 is 13.7 Å². The second-order valence-corrected chi connectivity index (χ2v) is 8.11. The number of ether oxygens (including phenoxy) is 1. The van der Waals surface area contributed by atoms with Gasteiger partial charge in [-0.1, -0.05) is 25.1 Å². The van der Waals surface area contributed by atoms with Crippen LogP contribution in [-0.2, 0) is 0 Å². The molecular weight excluding hydrogens is 427 g/mol. The number of rotatable bonds is 5. The first-order chi connectivity index (χ1) is 16.0. The normalized spacial score (nSPS) is 14.7. The number of aromatic nitrogens is 6. The molecule has 0 bridgehead atoms. The van der Waals surface area contributed by atoms with Gasteiger partial charge in [0, 0.05) is 31.8 Å². The van der Waals surface area contributed by atoms with Gasteiger partial charge in [0.1, 0.15) is 29.3 Å². The van der Waals surface area contributed by atoms with Crippen molar-refractivity contribution in [3.63, 3.8) is 0 Å². The Hall–Kier alpha value is -4.07. The predicted octanol–water partition coefficient (Wildman–Crippen LogP) is 4.06. The molecule has 0 aliphatic carbocycles. The first-order valence-electron chi connectivity index (χ1n) is 10.6. The molecule has 10 nitrogen and oxygen atoms in total. The Morgan fingerprint density at radius 2 is 2.06 bits per heavy atom. The minimum atomic E-state index is -0.552. The van der Waals surface area contributed by atoms with Crippen LogP contribution in [0.15, 0.2) is 35.2 Å². The molecule has 4 heterocycles. The van der Waals surface area contributed by atoms with Crippen molar-refractivity contribution in [3.05, 3.63) is 53.8 Å². The van der Waals surface area contributed by atoms with Crippen molar-refractivity contribution in [1.29, 1.82) is 0 Å². The summed E-state index contributed by atoms with van der Waals surface area (Å²) in [7, 11) is 0. The summed E-state index contributed by atoms with van der Waals surface area (Å²) in [5, 5.41) is 8.90.